The number of carbonyl (C=O) groups is 1. The molecule has 2 saturated heterocycles. The smallest absolute Gasteiger partial charge is 0.225 e. The molecular weight excluding hydrogens is 194 g/mol. The Bertz CT molecular complexity index is 379. The molecule has 1 aromatic heterocycles. The number of anilines is 1. The molecule has 3 heterocycles. The molecule has 0 aliphatic carbocycles. The van der Waals surface area contributed by atoms with Gasteiger partial charge < -0.3 is 9.64 Å². The summed E-state index contributed by atoms with van der Waals surface area (Å²) in [6.45, 7) is 1.63. The fourth-order valence-corrected chi connectivity index (χ4v) is 2.18. The molecule has 3 rings (SSSR count). The molecule has 0 radical (unpaired) electrons. The van der Waals surface area contributed by atoms with Gasteiger partial charge in [0.05, 0.1) is 24.3 Å². The van der Waals surface area contributed by atoms with E-state index in [1.54, 1.807) is 12.4 Å². The minimum absolute atomic E-state index is 0.337. The van der Waals surface area contributed by atoms with Crippen molar-refractivity contribution in [3.8, 4) is 0 Å². The number of carbonyl (C=O) groups excluding carboxylic acids is 1. The van der Waals surface area contributed by atoms with Gasteiger partial charge in [-0.3, -0.25) is 4.79 Å². The fraction of sp³-hybridized carbons (Fsp3) is 0.500. The number of fused-ring (bicyclic) bond motifs is 2. The predicted molar refractivity (Wildman–Crippen MR) is 52.9 cm³/mol. The predicted octanol–water partition coefficient (Wildman–Crippen LogP) is 0.267. The summed E-state index contributed by atoms with van der Waals surface area (Å²) in [6, 6.07) is 0.414. The number of hydrogen-bond donors (Lipinski definition) is 0. The summed E-state index contributed by atoms with van der Waals surface area (Å²) in [6.07, 6.45) is 5.27. The van der Waals surface area contributed by atoms with E-state index in [0.717, 1.165) is 25.9 Å². The average molecular weight is 205 g/mol. The molecule has 2 atom stereocenters. The lowest BCUT2D eigenvalue weighted by Gasteiger charge is -2.26. The van der Waals surface area contributed by atoms with Crippen molar-refractivity contribution in [3.63, 3.8) is 0 Å². The van der Waals surface area contributed by atoms with E-state index in [2.05, 4.69) is 14.9 Å². The average Bonchev–Trinajstić information content (AvgIpc) is 2.91. The van der Waals surface area contributed by atoms with Gasteiger partial charge in [0, 0.05) is 18.9 Å². The van der Waals surface area contributed by atoms with E-state index in [0.29, 0.717) is 23.7 Å². The SMILES string of the molecule is O=Cc1cnc(N2C[C@@H]3C[C@H]2CO3)nc1. The topological polar surface area (TPSA) is 55.3 Å². The third kappa shape index (κ3) is 1.39. The molecule has 1 aromatic rings. The molecule has 0 unspecified atom stereocenters. The first-order valence-corrected chi connectivity index (χ1v) is 5.02. The summed E-state index contributed by atoms with van der Waals surface area (Å²) in [7, 11) is 0. The van der Waals surface area contributed by atoms with Crippen LogP contribution in [0.25, 0.3) is 0 Å². The van der Waals surface area contributed by atoms with Crippen molar-refractivity contribution >= 4 is 12.2 Å². The monoisotopic (exact) mass is 205 g/mol. The van der Waals surface area contributed by atoms with E-state index in [4.69, 9.17) is 4.74 Å². The summed E-state index contributed by atoms with van der Waals surface area (Å²) in [5.41, 5.74) is 0.513. The fourth-order valence-electron chi connectivity index (χ4n) is 2.18. The van der Waals surface area contributed by atoms with Gasteiger partial charge in [0.1, 0.15) is 0 Å². The maximum absolute atomic E-state index is 10.5. The van der Waals surface area contributed by atoms with Crippen LogP contribution in [0.15, 0.2) is 12.4 Å². The van der Waals surface area contributed by atoms with Crippen LogP contribution in [0.2, 0.25) is 0 Å². The number of nitrogens with zero attached hydrogens (tertiary/aromatic N) is 3. The van der Waals surface area contributed by atoms with Crippen LogP contribution in [0, 0.1) is 0 Å². The standard InChI is InChI=1S/C10H11N3O2/c14-5-7-2-11-10(12-3-7)13-4-9-1-8(13)6-15-9/h2-3,5,8-9H,1,4,6H2/t8-,9-/m0/s1. The summed E-state index contributed by atoms with van der Waals surface area (Å²) in [5, 5.41) is 0. The molecule has 2 fully saturated rings. The van der Waals surface area contributed by atoms with Crippen molar-refractivity contribution in [2.45, 2.75) is 18.6 Å². The van der Waals surface area contributed by atoms with E-state index < -0.39 is 0 Å². The third-order valence-electron chi connectivity index (χ3n) is 2.95. The van der Waals surface area contributed by atoms with Crippen LogP contribution in [0.3, 0.4) is 0 Å². The second-order valence-corrected chi connectivity index (χ2v) is 3.93. The van der Waals surface area contributed by atoms with E-state index in [1.807, 2.05) is 0 Å². The highest BCUT2D eigenvalue weighted by molar-refractivity contribution is 5.73. The Balaban J connectivity index is 1.84. The maximum Gasteiger partial charge on any atom is 0.225 e. The Labute approximate surface area is 87.1 Å². The van der Waals surface area contributed by atoms with Gasteiger partial charge in [0.25, 0.3) is 0 Å². The number of rotatable bonds is 2. The maximum atomic E-state index is 10.5. The number of aldehydes is 1. The molecule has 5 heteroatoms. The minimum Gasteiger partial charge on any atom is -0.374 e. The van der Waals surface area contributed by atoms with Crippen LogP contribution in [0.5, 0.6) is 0 Å². The Morgan fingerprint density at radius 1 is 1.47 bits per heavy atom. The lowest BCUT2D eigenvalue weighted by atomic mass is 10.2. The largest absolute Gasteiger partial charge is 0.374 e. The van der Waals surface area contributed by atoms with Gasteiger partial charge in [-0.1, -0.05) is 0 Å². The van der Waals surface area contributed by atoms with E-state index in [1.165, 1.54) is 0 Å². The Kier molecular flexibility index (Phi) is 1.92. The number of ether oxygens (including phenoxy) is 1. The van der Waals surface area contributed by atoms with Gasteiger partial charge in [-0.2, -0.15) is 0 Å². The second-order valence-electron chi connectivity index (χ2n) is 3.93. The summed E-state index contributed by atoms with van der Waals surface area (Å²) in [4.78, 5) is 21.0. The van der Waals surface area contributed by atoms with Crippen molar-refractivity contribution in [1.29, 1.82) is 0 Å². The molecule has 5 nitrogen and oxygen atoms in total. The van der Waals surface area contributed by atoms with Crippen LogP contribution >= 0.6 is 0 Å². The molecular formula is C10H11N3O2. The Morgan fingerprint density at radius 3 is 2.80 bits per heavy atom. The Hall–Kier alpha value is -1.49. The summed E-state index contributed by atoms with van der Waals surface area (Å²) < 4.78 is 5.50. The van der Waals surface area contributed by atoms with Crippen molar-refractivity contribution in [2.75, 3.05) is 18.1 Å². The first-order chi connectivity index (χ1) is 7.36. The molecule has 0 amide bonds. The lowest BCUT2D eigenvalue weighted by molar-refractivity contribution is 0.0986. The molecule has 2 aliphatic heterocycles. The van der Waals surface area contributed by atoms with E-state index >= 15 is 0 Å². The summed E-state index contributed by atoms with van der Waals surface area (Å²) >= 11 is 0. The summed E-state index contributed by atoms with van der Waals surface area (Å²) in [5.74, 6) is 0.705. The van der Waals surface area contributed by atoms with E-state index in [-0.39, 0.29) is 0 Å². The van der Waals surface area contributed by atoms with Crippen LogP contribution < -0.4 is 4.90 Å². The van der Waals surface area contributed by atoms with Gasteiger partial charge >= 0.3 is 0 Å². The van der Waals surface area contributed by atoms with Crippen molar-refractivity contribution < 1.29 is 9.53 Å². The molecule has 0 saturated carbocycles. The molecule has 0 spiro atoms. The van der Waals surface area contributed by atoms with Crippen LogP contribution in [-0.4, -0.2) is 41.6 Å². The number of aromatic nitrogens is 2. The normalized spacial score (nSPS) is 28.4. The number of morpholine rings is 1. The highest BCUT2D eigenvalue weighted by atomic mass is 16.5. The van der Waals surface area contributed by atoms with Crippen LogP contribution in [0.1, 0.15) is 16.8 Å². The van der Waals surface area contributed by atoms with Crippen molar-refractivity contribution in [2.24, 2.45) is 0 Å². The first-order valence-electron chi connectivity index (χ1n) is 5.02. The zero-order valence-corrected chi connectivity index (χ0v) is 8.17. The number of hydrogen-bond acceptors (Lipinski definition) is 5. The molecule has 15 heavy (non-hydrogen) atoms. The molecule has 2 aliphatic rings. The highest BCUT2D eigenvalue weighted by Gasteiger charge is 2.40. The van der Waals surface area contributed by atoms with Crippen LogP contribution in [0.4, 0.5) is 5.95 Å². The van der Waals surface area contributed by atoms with Crippen LogP contribution in [-0.2, 0) is 4.74 Å². The zero-order chi connectivity index (χ0) is 10.3. The molecule has 0 aromatic carbocycles. The Morgan fingerprint density at radius 2 is 2.27 bits per heavy atom. The first kappa shape index (κ1) is 8.79. The highest BCUT2D eigenvalue weighted by Crippen LogP contribution is 2.30. The van der Waals surface area contributed by atoms with Gasteiger partial charge in [-0.15, -0.1) is 0 Å². The van der Waals surface area contributed by atoms with Gasteiger partial charge in [0.2, 0.25) is 5.95 Å². The zero-order valence-electron chi connectivity index (χ0n) is 8.17. The van der Waals surface area contributed by atoms with Crippen molar-refractivity contribution in [1.82, 2.24) is 9.97 Å². The van der Waals surface area contributed by atoms with Gasteiger partial charge in [-0.05, 0) is 6.42 Å². The third-order valence-corrected chi connectivity index (χ3v) is 2.95. The molecule has 78 valence electrons. The van der Waals surface area contributed by atoms with E-state index in [9.17, 15) is 4.79 Å². The minimum atomic E-state index is 0.337. The van der Waals surface area contributed by atoms with Gasteiger partial charge in [-0.25, -0.2) is 9.97 Å². The quantitative estimate of drug-likeness (QED) is 0.648. The lowest BCUT2D eigenvalue weighted by Crippen LogP contribution is -2.38. The van der Waals surface area contributed by atoms with Crippen molar-refractivity contribution in [3.05, 3.63) is 18.0 Å². The van der Waals surface area contributed by atoms with Gasteiger partial charge in [0.15, 0.2) is 6.29 Å². The second kappa shape index (κ2) is 3.27. The molecule has 2 bridgehead atoms. The molecule has 0 N–H and O–H groups in total.